The minimum Gasteiger partial charge on any atom is -0.422 e. The van der Waals surface area contributed by atoms with Crippen molar-refractivity contribution >= 4 is 40.2 Å². The molecular weight excluding hydrogens is 448 g/mol. The van der Waals surface area contributed by atoms with Crippen LogP contribution in [0.5, 0.6) is 5.75 Å². The minimum absolute atomic E-state index is 0.0160. The van der Waals surface area contributed by atoms with Gasteiger partial charge in [-0.2, -0.15) is 5.10 Å². The molecule has 0 heterocycles. The summed E-state index contributed by atoms with van der Waals surface area (Å²) < 4.78 is 5.41. The Kier molecular flexibility index (Phi) is 7.08. The maximum absolute atomic E-state index is 12.4. The van der Waals surface area contributed by atoms with Gasteiger partial charge < -0.3 is 10.1 Å². The number of fused-ring (bicyclic) bond motifs is 1. The number of nitrogens with one attached hydrogen (secondary N) is 2. The highest BCUT2D eigenvalue weighted by Gasteiger charge is 2.13. The van der Waals surface area contributed by atoms with Crippen molar-refractivity contribution in [2.45, 2.75) is 0 Å². The van der Waals surface area contributed by atoms with Gasteiger partial charge >= 0.3 is 5.97 Å². The number of nitro groups is 1. The first-order valence-electron chi connectivity index (χ1n) is 10.6. The summed E-state index contributed by atoms with van der Waals surface area (Å²) in [7, 11) is 0. The molecular formula is C26H20N4O5. The Morgan fingerprint density at radius 3 is 2.43 bits per heavy atom. The standard InChI is InChI=1S/C26H20N4O5/c31-25(17-27-23-10-5-8-18-6-1-3-9-22(18)23)29-28-16-20-7-2-4-11-24(20)35-26(32)19-12-14-21(15-13-19)30(33)34/h1-16,27H,17H2,(H,29,31). The zero-order chi connectivity index (χ0) is 24.6. The first-order chi connectivity index (χ1) is 17.0. The van der Waals surface area contributed by atoms with Gasteiger partial charge in [-0.05, 0) is 35.7 Å². The van der Waals surface area contributed by atoms with Crippen LogP contribution in [0, 0.1) is 10.1 Å². The molecule has 0 unspecified atom stereocenters. The summed E-state index contributed by atoms with van der Waals surface area (Å²) in [5.41, 5.74) is 3.78. The highest BCUT2D eigenvalue weighted by molar-refractivity contribution is 5.96. The topological polar surface area (TPSA) is 123 Å². The molecule has 2 N–H and O–H groups in total. The molecule has 0 aromatic heterocycles. The third-order valence-electron chi connectivity index (χ3n) is 5.06. The van der Waals surface area contributed by atoms with Gasteiger partial charge in [-0.3, -0.25) is 14.9 Å². The molecule has 1 amide bonds. The Hall–Kier alpha value is -5.05. The number of esters is 1. The molecule has 4 aromatic rings. The van der Waals surface area contributed by atoms with E-state index in [4.69, 9.17) is 4.74 Å². The lowest BCUT2D eigenvalue weighted by molar-refractivity contribution is -0.384. The zero-order valence-electron chi connectivity index (χ0n) is 18.4. The molecule has 0 spiro atoms. The van der Waals surface area contributed by atoms with Crippen molar-refractivity contribution in [3.63, 3.8) is 0 Å². The van der Waals surface area contributed by atoms with Crippen molar-refractivity contribution in [2.75, 3.05) is 11.9 Å². The molecule has 0 aliphatic rings. The van der Waals surface area contributed by atoms with Crippen LogP contribution in [0.1, 0.15) is 15.9 Å². The normalized spacial score (nSPS) is 10.7. The number of hydrogen-bond acceptors (Lipinski definition) is 7. The van der Waals surface area contributed by atoms with Gasteiger partial charge in [0.05, 0.1) is 23.2 Å². The largest absolute Gasteiger partial charge is 0.422 e. The molecule has 4 rings (SSSR count). The number of nitro benzene ring substituents is 1. The highest BCUT2D eigenvalue weighted by atomic mass is 16.6. The number of hydrazone groups is 1. The molecule has 9 heteroatoms. The molecule has 4 aromatic carbocycles. The molecule has 0 saturated heterocycles. The van der Waals surface area contributed by atoms with Crippen molar-refractivity contribution in [3.8, 4) is 5.75 Å². The van der Waals surface area contributed by atoms with Crippen molar-refractivity contribution < 1.29 is 19.2 Å². The van der Waals surface area contributed by atoms with Gasteiger partial charge in [-0.25, -0.2) is 10.2 Å². The van der Waals surface area contributed by atoms with E-state index in [-0.39, 0.29) is 29.5 Å². The van der Waals surface area contributed by atoms with E-state index in [1.54, 1.807) is 24.3 Å². The first-order valence-corrected chi connectivity index (χ1v) is 10.6. The van der Waals surface area contributed by atoms with Crippen LogP contribution in [0.2, 0.25) is 0 Å². The van der Waals surface area contributed by atoms with Crippen LogP contribution in [0.4, 0.5) is 11.4 Å². The second-order valence-corrected chi connectivity index (χ2v) is 7.40. The summed E-state index contributed by atoms with van der Waals surface area (Å²) in [6.07, 6.45) is 1.37. The van der Waals surface area contributed by atoms with E-state index in [2.05, 4.69) is 15.8 Å². The number of rotatable bonds is 8. The van der Waals surface area contributed by atoms with E-state index in [1.165, 1.54) is 30.5 Å². The van der Waals surface area contributed by atoms with Gasteiger partial charge in [0, 0.05) is 28.8 Å². The molecule has 0 radical (unpaired) electrons. The average Bonchev–Trinajstić information content (AvgIpc) is 2.88. The van der Waals surface area contributed by atoms with Gasteiger partial charge in [0.25, 0.3) is 11.6 Å². The fourth-order valence-corrected chi connectivity index (χ4v) is 3.33. The summed E-state index contributed by atoms with van der Waals surface area (Å²) in [6, 6.07) is 25.4. The number of non-ortho nitro benzene ring substituents is 1. The Labute approximate surface area is 200 Å². The van der Waals surface area contributed by atoms with Crippen LogP contribution in [0.25, 0.3) is 10.8 Å². The Bertz CT molecular complexity index is 1410. The fourth-order valence-electron chi connectivity index (χ4n) is 3.33. The number of benzene rings is 4. The zero-order valence-corrected chi connectivity index (χ0v) is 18.4. The molecule has 0 saturated carbocycles. The number of carbonyl (C=O) groups excluding carboxylic acids is 2. The molecule has 0 aliphatic heterocycles. The molecule has 35 heavy (non-hydrogen) atoms. The molecule has 0 bridgehead atoms. The highest BCUT2D eigenvalue weighted by Crippen LogP contribution is 2.22. The van der Waals surface area contributed by atoms with Gasteiger partial charge in [0.1, 0.15) is 5.75 Å². The number of nitrogens with zero attached hydrogens (tertiary/aromatic N) is 2. The van der Waals surface area contributed by atoms with Gasteiger partial charge in [0.15, 0.2) is 0 Å². The third kappa shape index (κ3) is 5.85. The van der Waals surface area contributed by atoms with Crippen LogP contribution >= 0.6 is 0 Å². The maximum atomic E-state index is 12.4. The third-order valence-corrected chi connectivity index (χ3v) is 5.06. The number of ether oxygens (including phenoxy) is 1. The van der Waals surface area contributed by atoms with Crippen molar-refractivity contribution in [3.05, 3.63) is 112 Å². The van der Waals surface area contributed by atoms with E-state index in [0.29, 0.717) is 5.56 Å². The summed E-state index contributed by atoms with van der Waals surface area (Å²) in [6.45, 7) is 0.0160. The second kappa shape index (κ2) is 10.7. The molecule has 0 aliphatic carbocycles. The summed E-state index contributed by atoms with van der Waals surface area (Å²) in [4.78, 5) is 34.9. The quantitative estimate of drug-likeness (QED) is 0.129. The van der Waals surface area contributed by atoms with Crippen LogP contribution in [0.15, 0.2) is 96.1 Å². The van der Waals surface area contributed by atoms with Gasteiger partial charge in [-0.1, -0.05) is 48.5 Å². The minimum atomic E-state index is -0.677. The first kappa shape index (κ1) is 23.1. The lowest BCUT2D eigenvalue weighted by Gasteiger charge is -2.09. The summed E-state index contributed by atoms with van der Waals surface area (Å²) in [5, 5.41) is 19.9. The predicted molar refractivity (Wildman–Crippen MR) is 133 cm³/mol. The SMILES string of the molecule is O=C(CNc1cccc2ccccc12)NN=Cc1ccccc1OC(=O)c1ccc([N+](=O)[O-])cc1. The van der Waals surface area contributed by atoms with Crippen molar-refractivity contribution in [2.24, 2.45) is 5.10 Å². The fraction of sp³-hybridized carbons (Fsp3) is 0.0385. The Balaban J connectivity index is 1.35. The van der Waals surface area contributed by atoms with E-state index >= 15 is 0 Å². The molecule has 9 nitrogen and oxygen atoms in total. The summed E-state index contributed by atoms with van der Waals surface area (Å²) >= 11 is 0. The number of amides is 1. The monoisotopic (exact) mass is 468 g/mol. The smallest absolute Gasteiger partial charge is 0.343 e. The number of carbonyl (C=O) groups is 2. The number of para-hydroxylation sites is 1. The Morgan fingerprint density at radius 1 is 0.914 bits per heavy atom. The number of anilines is 1. The van der Waals surface area contributed by atoms with Crippen LogP contribution in [0.3, 0.4) is 0 Å². The molecule has 174 valence electrons. The lowest BCUT2D eigenvalue weighted by atomic mass is 10.1. The van der Waals surface area contributed by atoms with Crippen LogP contribution < -0.4 is 15.5 Å². The van der Waals surface area contributed by atoms with Gasteiger partial charge in [0.2, 0.25) is 0 Å². The molecule has 0 fully saturated rings. The van der Waals surface area contributed by atoms with Crippen LogP contribution in [-0.2, 0) is 4.79 Å². The van der Waals surface area contributed by atoms with Gasteiger partial charge in [-0.15, -0.1) is 0 Å². The van der Waals surface area contributed by atoms with E-state index in [0.717, 1.165) is 16.5 Å². The number of hydrogen-bond donors (Lipinski definition) is 2. The maximum Gasteiger partial charge on any atom is 0.343 e. The van der Waals surface area contributed by atoms with E-state index in [9.17, 15) is 19.7 Å². The van der Waals surface area contributed by atoms with Crippen molar-refractivity contribution in [1.29, 1.82) is 0 Å². The van der Waals surface area contributed by atoms with E-state index in [1.807, 2.05) is 42.5 Å². The Morgan fingerprint density at radius 2 is 1.63 bits per heavy atom. The average molecular weight is 468 g/mol. The predicted octanol–water partition coefficient (Wildman–Crippen LogP) is 4.53. The van der Waals surface area contributed by atoms with E-state index < -0.39 is 10.9 Å². The summed E-state index contributed by atoms with van der Waals surface area (Å²) in [5.74, 6) is -0.804. The second-order valence-electron chi connectivity index (χ2n) is 7.40. The van der Waals surface area contributed by atoms with Crippen LogP contribution in [-0.4, -0.2) is 29.6 Å². The van der Waals surface area contributed by atoms with Crippen molar-refractivity contribution in [1.82, 2.24) is 5.43 Å². The lowest BCUT2D eigenvalue weighted by Crippen LogP contribution is -2.26. The molecule has 0 atom stereocenters.